The van der Waals surface area contributed by atoms with Crippen LogP contribution in [0, 0.1) is 11.3 Å². The highest BCUT2D eigenvalue weighted by atomic mass is 32.2. The van der Waals surface area contributed by atoms with E-state index in [0.29, 0.717) is 10.6 Å². The van der Waals surface area contributed by atoms with Gasteiger partial charge in [-0.2, -0.15) is 5.26 Å². The molecule has 0 aliphatic rings. The third kappa shape index (κ3) is 4.43. The number of aromatic nitrogens is 1. The average Bonchev–Trinajstić information content (AvgIpc) is 2.34. The molecule has 7 heteroatoms. The van der Waals surface area contributed by atoms with E-state index in [4.69, 9.17) is 10.4 Å². The van der Waals surface area contributed by atoms with Gasteiger partial charge in [0, 0.05) is 18.9 Å². The maximum Gasteiger partial charge on any atom is 0.327 e. The summed E-state index contributed by atoms with van der Waals surface area (Å²) in [4.78, 5) is 25.7. The Kier molecular flexibility index (Phi) is 5.14. The van der Waals surface area contributed by atoms with Gasteiger partial charge in [0.1, 0.15) is 12.1 Å². The monoisotopic (exact) mass is 265 g/mol. The molecular weight excluding hydrogens is 254 g/mol. The fourth-order valence-electron chi connectivity index (χ4n) is 1.12. The Bertz CT molecular complexity index is 481. The number of nitrogens with zero attached hydrogens (tertiary/aromatic N) is 2. The van der Waals surface area contributed by atoms with Crippen molar-refractivity contribution in [2.45, 2.75) is 18.0 Å². The van der Waals surface area contributed by atoms with Gasteiger partial charge in [-0.05, 0) is 12.1 Å². The molecule has 1 rings (SSSR count). The fourth-order valence-corrected chi connectivity index (χ4v) is 1.98. The van der Waals surface area contributed by atoms with Crippen molar-refractivity contribution in [3.63, 3.8) is 0 Å². The SMILES string of the molecule is CC(=O)N[C@@H](CSc1ccc(C#N)cn1)C(=O)O. The quantitative estimate of drug-likeness (QED) is 0.757. The Hall–Kier alpha value is -2.07. The lowest BCUT2D eigenvalue weighted by Crippen LogP contribution is -2.41. The number of nitrogens with one attached hydrogen (secondary N) is 1. The zero-order chi connectivity index (χ0) is 13.5. The topological polar surface area (TPSA) is 103 Å². The molecule has 0 aromatic carbocycles. The summed E-state index contributed by atoms with van der Waals surface area (Å²) in [7, 11) is 0. The number of nitriles is 1. The minimum absolute atomic E-state index is 0.174. The molecule has 0 saturated carbocycles. The highest BCUT2D eigenvalue weighted by Crippen LogP contribution is 2.16. The first-order chi connectivity index (χ1) is 8.52. The molecule has 1 aromatic heterocycles. The van der Waals surface area contributed by atoms with Crippen LogP contribution in [0.2, 0.25) is 0 Å². The first kappa shape index (κ1) is 14.0. The smallest absolute Gasteiger partial charge is 0.327 e. The Balaban J connectivity index is 2.58. The van der Waals surface area contributed by atoms with Gasteiger partial charge in [0.05, 0.1) is 10.6 Å². The van der Waals surface area contributed by atoms with Crippen LogP contribution in [0.25, 0.3) is 0 Å². The van der Waals surface area contributed by atoms with Gasteiger partial charge in [0.25, 0.3) is 0 Å². The molecule has 2 N–H and O–H groups in total. The summed E-state index contributed by atoms with van der Waals surface area (Å²) in [6.07, 6.45) is 1.41. The van der Waals surface area contributed by atoms with Gasteiger partial charge < -0.3 is 10.4 Å². The van der Waals surface area contributed by atoms with Gasteiger partial charge in [-0.1, -0.05) is 0 Å². The lowest BCUT2D eigenvalue weighted by atomic mass is 10.3. The number of carboxylic acids is 1. The molecule has 0 bridgehead atoms. The molecular formula is C11H11N3O3S. The summed E-state index contributed by atoms with van der Waals surface area (Å²) < 4.78 is 0. The number of amides is 1. The molecule has 1 amide bonds. The van der Waals surface area contributed by atoms with Crippen molar-refractivity contribution in [2.75, 3.05) is 5.75 Å². The second-order valence-corrected chi connectivity index (χ2v) is 4.44. The van der Waals surface area contributed by atoms with E-state index in [0.717, 1.165) is 0 Å². The number of hydrogen-bond acceptors (Lipinski definition) is 5. The molecule has 0 aliphatic heterocycles. The van der Waals surface area contributed by atoms with Gasteiger partial charge in [-0.15, -0.1) is 11.8 Å². The predicted octanol–water partition coefficient (Wildman–Crippen LogP) is 0.635. The van der Waals surface area contributed by atoms with E-state index < -0.39 is 17.9 Å². The van der Waals surface area contributed by atoms with Crippen molar-refractivity contribution < 1.29 is 14.7 Å². The number of carbonyl (C=O) groups is 2. The molecule has 6 nitrogen and oxygen atoms in total. The molecule has 0 spiro atoms. The van der Waals surface area contributed by atoms with Crippen molar-refractivity contribution >= 4 is 23.6 Å². The highest BCUT2D eigenvalue weighted by molar-refractivity contribution is 7.99. The molecule has 18 heavy (non-hydrogen) atoms. The van der Waals surface area contributed by atoms with Crippen molar-refractivity contribution in [3.8, 4) is 6.07 Å². The van der Waals surface area contributed by atoms with Crippen LogP contribution in [0.4, 0.5) is 0 Å². The van der Waals surface area contributed by atoms with Gasteiger partial charge >= 0.3 is 5.97 Å². The van der Waals surface area contributed by atoms with Crippen molar-refractivity contribution in [2.24, 2.45) is 0 Å². The number of pyridine rings is 1. The fraction of sp³-hybridized carbons (Fsp3) is 0.273. The summed E-state index contributed by atoms with van der Waals surface area (Å²) in [5.74, 6) is -1.31. The molecule has 1 heterocycles. The van der Waals surface area contributed by atoms with Crippen LogP contribution in [-0.4, -0.2) is 33.8 Å². The second kappa shape index (κ2) is 6.61. The normalized spacial score (nSPS) is 11.3. The van der Waals surface area contributed by atoms with Crippen molar-refractivity contribution in [1.29, 1.82) is 5.26 Å². The van der Waals surface area contributed by atoms with E-state index in [9.17, 15) is 9.59 Å². The zero-order valence-electron chi connectivity index (χ0n) is 9.58. The van der Waals surface area contributed by atoms with Gasteiger partial charge in [-0.3, -0.25) is 4.79 Å². The van der Waals surface area contributed by atoms with E-state index in [-0.39, 0.29) is 5.75 Å². The van der Waals surface area contributed by atoms with Crippen molar-refractivity contribution in [3.05, 3.63) is 23.9 Å². The Morgan fingerprint density at radius 1 is 1.61 bits per heavy atom. The Morgan fingerprint density at radius 3 is 2.78 bits per heavy atom. The summed E-state index contributed by atoms with van der Waals surface area (Å²) in [5, 5.41) is 20.4. The van der Waals surface area contributed by atoms with Crippen molar-refractivity contribution in [1.82, 2.24) is 10.3 Å². The molecule has 1 atom stereocenters. The van der Waals surface area contributed by atoms with Crippen LogP contribution in [0.3, 0.4) is 0 Å². The summed E-state index contributed by atoms with van der Waals surface area (Å²) in [5.41, 5.74) is 0.441. The number of carbonyl (C=O) groups excluding carboxylic acids is 1. The number of thioether (sulfide) groups is 1. The molecule has 0 saturated heterocycles. The maximum absolute atomic E-state index is 10.9. The lowest BCUT2D eigenvalue weighted by Gasteiger charge is -2.12. The molecule has 1 aromatic rings. The predicted molar refractivity (Wildman–Crippen MR) is 64.9 cm³/mol. The zero-order valence-corrected chi connectivity index (χ0v) is 10.4. The molecule has 0 aliphatic carbocycles. The standard InChI is InChI=1S/C11H11N3O3S/c1-7(15)14-9(11(16)17)6-18-10-3-2-8(4-12)5-13-10/h2-3,5,9H,6H2,1H3,(H,14,15)(H,16,17)/t9-/m0/s1. The number of aliphatic carboxylic acids is 1. The molecule has 0 radical (unpaired) electrons. The first-order valence-corrected chi connectivity index (χ1v) is 6.00. The largest absolute Gasteiger partial charge is 0.480 e. The Morgan fingerprint density at radius 2 is 2.33 bits per heavy atom. The summed E-state index contributed by atoms with van der Waals surface area (Å²) in [6.45, 7) is 1.26. The van der Waals surface area contributed by atoms with Crippen LogP contribution >= 0.6 is 11.8 Å². The summed E-state index contributed by atoms with van der Waals surface area (Å²) in [6, 6.07) is 4.22. The van der Waals surface area contributed by atoms with Gasteiger partial charge in [0.15, 0.2) is 0 Å². The Labute approximate surface area is 108 Å². The first-order valence-electron chi connectivity index (χ1n) is 5.02. The minimum atomic E-state index is -1.09. The lowest BCUT2D eigenvalue weighted by molar-refractivity contribution is -0.140. The van der Waals surface area contributed by atoms with E-state index in [1.54, 1.807) is 12.1 Å². The summed E-state index contributed by atoms with van der Waals surface area (Å²) >= 11 is 1.20. The van der Waals surface area contributed by atoms with Crippen LogP contribution < -0.4 is 5.32 Å². The van der Waals surface area contributed by atoms with Gasteiger partial charge in [-0.25, -0.2) is 9.78 Å². The minimum Gasteiger partial charge on any atom is -0.480 e. The number of hydrogen-bond donors (Lipinski definition) is 2. The van der Waals surface area contributed by atoms with E-state index in [1.807, 2.05) is 6.07 Å². The maximum atomic E-state index is 10.9. The van der Waals surface area contributed by atoms with E-state index in [2.05, 4.69) is 10.3 Å². The third-order valence-corrected chi connectivity index (χ3v) is 2.98. The van der Waals surface area contributed by atoms with Crippen LogP contribution in [0.1, 0.15) is 12.5 Å². The van der Waals surface area contributed by atoms with Crippen LogP contribution in [0.5, 0.6) is 0 Å². The van der Waals surface area contributed by atoms with E-state index >= 15 is 0 Å². The number of rotatable bonds is 5. The molecule has 94 valence electrons. The van der Waals surface area contributed by atoms with E-state index in [1.165, 1.54) is 24.9 Å². The van der Waals surface area contributed by atoms with Gasteiger partial charge in [0.2, 0.25) is 5.91 Å². The molecule has 0 unspecified atom stereocenters. The number of carboxylic acid groups (broad SMARTS) is 1. The third-order valence-electron chi connectivity index (χ3n) is 1.94. The van der Waals surface area contributed by atoms with Crippen LogP contribution in [-0.2, 0) is 9.59 Å². The average molecular weight is 265 g/mol. The second-order valence-electron chi connectivity index (χ2n) is 3.40. The van der Waals surface area contributed by atoms with Crippen LogP contribution in [0.15, 0.2) is 23.4 Å². The highest BCUT2D eigenvalue weighted by Gasteiger charge is 2.18. The molecule has 0 fully saturated rings.